The van der Waals surface area contributed by atoms with Gasteiger partial charge in [-0.25, -0.2) is 0 Å². The molecule has 0 saturated carbocycles. The molecule has 0 aliphatic carbocycles. The van der Waals surface area contributed by atoms with Crippen LogP contribution in [-0.4, -0.2) is 25.4 Å². The summed E-state index contributed by atoms with van der Waals surface area (Å²) in [6, 6.07) is 0.855. The van der Waals surface area contributed by atoms with Gasteiger partial charge in [0.05, 0.1) is 0 Å². The Labute approximate surface area is 65.2 Å². The lowest BCUT2D eigenvalue weighted by Gasteiger charge is -2.35. The second-order valence-corrected chi connectivity index (χ2v) is 3.79. The van der Waals surface area contributed by atoms with E-state index in [9.17, 15) is 0 Å². The molecule has 0 aromatic heterocycles. The third-order valence-electron chi connectivity index (χ3n) is 2.60. The lowest BCUT2D eigenvalue weighted by atomic mass is 9.90. The van der Waals surface area contributed by atoms with Crippen LogP contribution in [0.4, 0.5) is 0 Å². The third kappa shape index (κ3) is 1.75. The van der Waals surface area contributed by atoms with Crippen molar-refractivity contribution in [3.8, 4) is 0 Å². The van der Waals surface area contributed by atoms with Gasteiger partial charge in [0.25, 0.3) is 0 Å². The molecule has 1 unspecified atom stereocenters. The lowest BCUT2D eigenvalue weighted by molar-refractivity contribution is 0.209. The molecule has 0 aromatic carbocycles. The molecule has 0 amide bonds. The van der Waals surface area contributed by atoms with Gasteiger partial charge in [0.2, 0.25) is 0 Å². The van der Waals surface area contributed by atoms with Gasteiger partial charge in [0, 0.05) is 6.04 Å². The average molecular weight is 139 g/mol. The molecule has 0 N–H and O–H groups in total. The molecule has 0 radical (unpaired) electrons. The number of rotatable bonds is 1. The van der Waals surface area contributed by atoms with Gasteiger partial charge in [-0.05, 0) is 25.3 Å². The predicted octanol–water partition coefficient (Wildman–Crippen LogP) is 1.04. The summed E-state index contributed by atoms with van der Waals surface area (Å²) in [5.41, 5.74) is 0. The van der Waals surface area contributed by atoms with Crippen molar-refractivity contribution in [2.75, 3.05) is 6.54 Å². The molecular formula is C8H18BN. The first-order valence-corrected chi connectivity index (χ1v) is 4.42. The van der Waals surface area contributed by atoms with Crippen molar-refractivity contribution in [3.05, 3.63) is 0 Å². The highest BCUT2D eigenvalue weighted by atomic mass is 15.1. The quantitative estimate of drug-likeness (QED) is 0.490. The van der Waals surface area contributed by atoms with E-state index in [-0.39, 0.29) is 0 Å². The highest BCUT2D eigenvalue weighted by Gasteiger charge is 2.20. The normalized spacial score (nSPS) is 29.3. The molecular weight excluding hydrogens is 121 g/mol. The van der Waals surface area contributed by atoms with E-state index >= 15 is 0 Å². The topological polar surface area (TPSA) is 3.24 Å². The van der Waals surface area contributed by atoms with Crippen LogP contribution >= 0.6 is 0 Å². The number of piperidine rings is 1. The maximum absolute atomic E-state index is 2.51. The van der Waals surface area contributed by atoms with Gasteiger partial charge in [-0.2, -0.15) is 0 Å². The minimum Gasteiger partial charge on any atom is -0.346 e. The van der Waals surface area contributed by atoms with Gasteiger partial charge in [-0.3, -0.25) is 0 Å². The van der Waals surface area contributed by atoms with Crippen LogP contribution in [0.1, 0.15) is 33.1 Å². The Kier molecular flexibility index (Phi) is 2.78. The molecule has 1 aliphatic heterocycles. The van der Waals surface area contributed by atoms with E-state index in [1.807, 2.05) is 0 Å². The molecule has 0 bridgehead atoms. The zero-order chi connectivity index (χ0) is 7.56. The first kappa shape index (κ1) is 8.12. The van der Waals surface area contributed by atoms with Crippen molar-refractivity contribution in [3.63, 3.8) is 0 Å². The Bertz CT molecular complexity index is 103. The molecule has 1 atom stereocenters. The van der Waals surface area contributed by atoms with Crippen molar-refractivity contribution < 1.29 is 0 Å². The van der Waals surface area contributed by atoms with Crippen LogP contribution in [0.15, 0.2) is 0 Å². The lowest BCUT2D eigenvalue weighted by Crippen LogP contribution is -2.40. The molecule has 0 spiro atoms. The van der Waals surface area contributed by atoms with Crippen LogP contribution in [0.3, 0.4) is 0 Å². The number of hydrogen-bond acceptors (Lipinski definition) is 1. The number of hydrogen-bond donors (Lipinski definition) is 0. The Balaban J connectivity index is 2.40. The monoisotopic (exact) mass is 139 g/mol. The van der Waals surface area contributed by atoms with E-state index in [4.69, 9.17) is 0 Å². The van der Waals surface area contributed by atoms with Crippen molar-refractivity contribution in [1.29, 1.82) is 0 Å². The zero-order valence-corrected chi connectivity index (χ0v) is 7.43. The van der Waals surface area contributed by atoms with Crippen molar-refractivity contribution in [2.24, 2.45) is 5.92 Å². The SMILES string of the molecule is BN1CCCCC1C(C)C. The molecule has 58 valence electrons. The molecule has 1 rings (SSSR count). The Hall–Kier alpha value is 0.0249. The van der Waals surface area contributed by atoms with E-state index in [2.05, 4.69) is 26.6 Å². The number of nitrogens with zero attached hydrogens (tertiary/aromatic N) is 1. The smallest absolute Gasteiger partial charge is 0.185 e. The fraction of sp³-hybridized carbons (Fsp3) is 1.00. The zero-order valence-electron chi connectivity index (χ0n) is 7.43. The van der Waals surface area contributed by atoms with Crippen LogP contribution in [0.5, 0.6) is 0 Å². The molecule has 2 heteroatoms. The van der Waals surface area contributed by atoms with Gasteiger partial charge >= 0.3 is 0 Å². The fourth-order valence-corrected chi connectivity index (χ4v) is 1.94. The summed E-state index contributed by atoms with van der Waals surface area (Å²) >= 11 is 0. The van der Waals surface area contributed by atoms with Crippen LogP contribution < -0.4 is 0 Å². The molecule has 1 aliphatic rings. The summed E-state index contributed by atoms with van der Waals surface area (Å²) < 4.78 is 0. The summed E-state index contributed by atoms with van der Waals surface area (Å²) in [4.78, 5) is 2.51. The fourth-order valence-electron chi connectivity index (χ4n) is 1.94. The van der Waals surface area contributed by atoms with Crippen molar-refractivity contribution >= 4 is 7.98 Å². The first-order chi connectivity index (χ1) is 4.72. The van der Waals surface area contributed by atoms with Gasteiger partial charge < -0.3 is 4.81 Å². The summed E-state index contributed by atoms with van der Waals surface area (Å²) in [6.45, 7) is 5.96. The van der Waals surface area contributed by atoms with Gasteiger partial charge in [-0.15, -0.1) is 0 Å². The van der Waals surface area contributed by atoms with Gasteiger partial charge in [-0.1, -0.05) is 20.3 Å². The van der Waals surface area contributed by atoms with Crippen LogP contribution in [0.2, 0.25) is 0 Å². The highest BCUT2D eigenvalue weighted by molar-refractivity contribution is 6.04. The minimum atomic E-state index is 0.838. The van der Waals surface area contributed by atoms with E-state index < -0.39 is 0 Å². The van der Waals surface area contributed by atoms with Crippen LogP contribution in [0.25, 0.3) is 0 Å². The maximum atomic E-state index is 2.51. The summed E-state index contributed by atoms with van der Waals surface area (Å²) in [5, 5.41) is 0. The highest BCUT2D eigenvalue weighted by Crippen LogP contribution is 2.20. The summed E-state index contributed by atoms with van der Waals surface area (Å²) in [7, 11) is 2.25. The first-order valence-electron chi connectivity index (χ1n) is 4.42. The summed E-state index contributed by atoms with van der Waals surface area (Å²) in [5.74, 6) is 0.838. The molecule has 10 heavy (non-hydrogen) atoms. The second-order valence-electron chi connectivity index (χ2n) is 3.79. The molecule has 0 aromatic rings. The van der Waals surface area contributed by atoms with Crippen LogP contribution in [0, 0.1) is 5.92 Å². The van der Waals surface area contributed by atoms with E-state index in [1.54, 1.807) is 0 Å². The largest absolute Gasteiger partial charge is 0.346 e. The summed E-state index contributed by atoms with van der Waals surface area (Å²) in [6.07, 6.45) is 4.25. The standard InChI is InChI=1S/C8H18BN/c1-7(2)8-5-3-4-6-10(8)9/h7-8H,3-6,9H2,1-2H3. The van der Waals surface area contributed by atoms with E-state index in [1.165, 1.54) is 25.8 Å². The second kappa shape index (κ2) is 3.43. The Morgan fingerprint density at radius 3 is 2.50 bits per heavy atom. The molecule has 1 nitrogen and oxygen atoms in total. The van der Waals surface area contributed by atoms with Gasteiger partial charge in [0.1, 0.15) is 0 Å². The molecule has 1 heterocycles. The van der Waals surface area contributed by atoms with E-state index in [0.29, 0.717) is 0 Å². The molecule has 1 fully saturated rings. The predicted molar refractivity (Wildman–Crippen MR) is 47.7 cm³/mol. The maximum Gasteiger partial charge on any atom is 0.185 e. The van der Waals surface area contributed by atoms with Gasteiger partial charge in [0.15, 0.2) is 7.98 Å². The van der Waals surface area contributed by atoms with Crippen molar-refractivity contribution in [2.45, 2.75) is 39.2 Å². The molecule has 1 saturated heterocycles. The minimum absolute atomic E-state index is 0.838. The Morgan fingerprint density at radius 1 is 1.40 bits per heavy atom. The van der Waals surface area contributed by atoms with Crippen LogP contribution in [-0.2, 0) is 0 Å². The third-order valence-corrected chi connectivity index (χ3v) is 2.60. The van der Waals surface area contributed by atoms with Crippen molar-refractivity contribution in [1.82, 2.24) is 4.81 Å². The average Bonchev–Trinajstić information content (AvgIpc) is 1.88. The van der Waals surface area contributed by atoms with E-state index in [0.717, 1.165) is 12.0 Å². The Morgan fingerprint density at radius 2 is 2.10 bits per heavy atom.